The summed E-state index contributed by atoms with van der Waals surface area (Å²) in [7, 11) is 0. The van der Waals surface area contributed by atoms with E-state index < -0.39 is 0 Å². The van der Waals surface area contributed by atoms with E-state index in [2.05, 4.69) is 20.5 Å². The van der Waals surface area contributed by atoms with Crippen LogP contribution in [0.25, 0.3) is 0 Å². The fourth-order valence-electron chi connectivity index (χ4n) is 2.30. The number of nitrogens with one attached hydrogen (secondary N) is 1. The fourth-order valence-corrected chi connectivity index (χ4v) is 2.30. The zero-order chi connectivity index (χ0) is 12.4. The minimum Gasteiger partial charge on any atom is -0.337 e. The number of likely N-dealkylation sites (tertiary alicyclic amines) is 1. The molecule has 1 N–H and O–H groups in total. The Morgan fingerprint density at radius 2 is 2.22 bits per heavy atom. The average Bonchev–Trinajstić information content (AvgIpc) is 3.11. The van der Waals surface area contributed by atoms with Gasteiger partial charge in [0.1, 0.15) is 0 Å². The number of amides is 1. The van der Waals surface area contributed by atoms with E-state index in [9.17, 15) is 4.79 Å². The number of carbonyl (C=O) groups excluding carboxylic acids is 1. The van der Waals surface area contributed by atoms with E-state index in [1.807, 2.05) is 21.8 Å². The van der Waals surface area contributed by atoms with Crippen molar-refractivity contribution in [1.29, 1.82) is 0 Å². The Labute approximate surface area is 104 Å². The first kappa shape index (κ1) is 10.9. The molecule has 1 aliphatic rings. The van der Waals surface area contributed by atoms with Gasteiger partial charge in [-0.1, -0.05) is 0 Å². The highest BCUT2D eigenvalue weighted by Crippen LogP contribution is 2.22. The van der Waals surface area contributed by atoms with Crippen molar-refractivity contribution in [2.24, 2.45) is 0 Å². The van der Waals surface area contributed by atoms with Gasteiger partial charge in [-0.05, 0) is 18.9 Å². The number of hydrogen-bond donors (Lipinski definition) is 1. The maximum atomic E-state index is 12.0. The number of aromatic nitrogens is 5. The smallest absolute Gasteiger partial charge is 0.276 e. The lowest BCUT2D eigenvalue weighted by Gasteiger charge is -2.31. The molecule has 0 atom stereocenters. The van der Waals surface area contributed by atoms with Crippen LogP contribution < -0.4 is 0 Å². The van der Waals surface area contributed by atoms with E-state index in [0.29, 0.717) is 11.7 Å². The normalized spacial score (nSPS) is 17.0. The molecule has 0 bridgehead atoms. The van der Waals surface area contributed by atoms with Crippen LogP contribution in [0.1, 0.15) is 29.4 Å². The third kappa shape index (κ3) is 1.99. The molecule has 1 aliphatic heterocycles. The number of H-pyrrole nitrogens is 1. The predicted molar refractivity (Wildman–Crippen MR) is 62.8 cm³/mol. The fraction of sp³-hybridized carbons (Fsp3) is 0.455. The summed E-state index contributed by atoms with van der Waals surface area (Å²) in [5.74, 6) is -0.0531. The minimum atomic E-state index is -0.0531. The Kier molecular flexibility index (Phi) is 2.79. The Balaban J connectivity index is 1.62. The molecule has 0 aliphatic carbocycles. The second-order valence-electron chi connectivity index (χ2n) is 4.36. The summed E-state index contributed by atoms with van der Waals surface area (Å²) in [6.07, 6.45) is 7.06. The quantitative estimate of drug-likeness (QED) is 0.835. The maximum Gasteiger partial charge on any atom is 0.276 e. The van der Waals surface area contributed by atoms with Crippen molar-refractivity contribution < 1.29 is 4.79 Å². The van der Waals surface area contributed by atoms with Crippen molar-refractivity contribution in [3.63, 3.8) is 0 Å². The largest absolute Gasteiger partial charge is 0.337 e. The molecular weight excluding hydrogens is 232 g/mol. The predicted octanol–water partition coefficient (Wildman–Crippen LogP) is 0.478. The molecule has 7 heteroatoms. The summed E-state index contributed by atoms with van der Waals surface area (Å²) in [4.78, 5) is 13.9. The molecule has 1 fully saturated rings. The first-order valence-electron chi connectivity index (χ1n) is 5.99. The molecule has 3 heterocycles. The number of carbonyl (C=O) groups is 1. The summed E-state index contributed by atoms with van der Waals surface area (Å²) >= 11 is 0. The minimum absolute atomic E-state index is 0.0531. The summed E-state index contributed by atoms with van der Waals surface area (Å²) in [5.41, 5.74) is 0.382. The Morgan fingerprint density at radius 1 is 1.39 bits per heavy atom. The average molecular weight is 246 g/mol. The molecule has 7 nitrogen and oxygen atoms in total. The molecular formula is C11H14N6O. The molecule has 0 aromatic carbocycles. The van der Waals surface area contributed by atoms with E-state index in [-0.39, 0.29) is 5.91 Å². The molecule has 3 rings (SSSR count). The first-order valence-corrected chi connectivity index (χ1v) is 5.99. The van der Waals surface area contributed by atoms with Gasteiger partial charge in [0.25, 0.3) is 5.91 Å². The monoisotopic (exact) mass is 246 g/mol. The molecule has 0 unspecified atom stereocenters. The lowest BCUT2D eigenvalue weighted by molar-refractivity contribution is 0.0684. The molecule has 1 amide bonds. The molecule has 94 valence electrons. The third-order valence-electron chi connectivity index (χ3n) is 3.28. The lowest BCUT2D eigenvalue weighted by Crippen LogP contribution is -2.39. The standard InChI is InChI=1S/C11H14N6O/c18-11(10-8-12-15-14-10)16-6-2-9(3-7-16)17-5-1-4-13-17/h1,4-5,8-9H,2-3,6-7H2,(H,12,14,15). The van der Waals surface area contributed by atoms with Crippen molar-refractivity contribution in [2.75, 3.05) is 13.1 Å². The van der Waals surface area contributed by atoms with Gasteiger partial charge in [-0.15, -0.1) is 0 Å². The van der Waals surface area contributed by atoms with Crippen LogP contribution in [0.5, 0.6) is 0 Å². The van der Waals surface area contributed by atoms with Crippen molar-refractivity contribution in [1.82, 2.24) is 30.1 Å². The van der Waals surface area contributed by atoms with E-state index >= 15 is 0 Å². The van der Waals surface area contributed by atoms with Crippen LogP contribution >= 0.6 is 0 Å². The van der Waals surface area contributed by atoms with Crippen molar-refractivity contribution in [3.05, 3.63) is 30.4 Å². The van der Waals surface area contributed by atoms with Crippen LogP contribution in [-0.2, 0) is 0 Å². The highest BCUT2D eigenvalue weighted by molar-refractivity contribution is 5.91. The summed E-state index contributed by atoms with van der Waals surface area (Å²) < 4.78 is 1.97. The molecule has 0 saturated carbocycles. The van der Waals surface area contributed by atoms with Crippen molar-refractivity contribution >= 4 is 5.91 Å². The second kappa shape index (κ2) is 4.59. The van der Waals surface area contributed by atoms with Crippen LogP contribution in [0, 0.1) is 0 Å². The van der Waals surface area contributed by atoms with E-state index in [4.69, 9.17) is 0 Å². The van der Waals surface area contributed by atoms with Gasteiger partial charge in [0.2, 0.25) is 0 Å². The lowest BCUT2D eigenvalue weighted by atomic mass is 10.1. The molecule has 18 heavy (non-hydrogen) atoms. The maximum absolute atomic E-state index is 12.0. The summed E-state index contributed by atoms with van der Waals surface area (Å²) in [6.45, 7) is 1.46. The number of piperidine rings is 1. The number of rotatable bonds is 2. The first-order chi connectivity index (χ1) is 8.84. The van der Waals surface area contributed by atoms with E-state index in [1.165, 1.54) is 6.20 Å². The van der Waals surface area contributed by atoms with Crippen LogP contribution in [0.2, 0.25) is 0 Å². The number of aromatic amines is 1. The molecule has 2 aromatic heterocycles. The van der Waals surface area contributed by atoms with Gasteiger partial charge in [-0.2, -0.15) is 20.5 Å². The van der Waals surface area contributed by atoms with Gasteiger partial charge in [0, 0.05) is 25.5 Å². The summed E-state index contributed by atoms with van der Waals surface area (Å²) in [6, 6.07) is 2.31. The van der Waals surface area contributed by atoms with Gasteiger partial charge in [0.05, 0.1) is 12.2 Å². The van der Waals surface area contributed by atoms with Crippen LogP contribution in [0.15, 0.2) is 24.7 Å². The van der Waals surface area contributed by atoms with E-state index in [0.717, 1.165) is 25.9 Å². The molecule has 0 radical (unpaired) electrons. The molecule has 1 saturated heterocycles. The zero-order valence-electron chi connectivity index (χ0n) is 9.86. The highest BCUT2D eigenvalue weighted by atomic mass is 16.2. The SMILES string of the molecule is O=C(c1cn[nH]n1)N1CCC(n2cccn2)CC1. The third-order valence-corrected chi connectivity index (χ3v) is 3.28. The zero-order valence-corrected chi connectivity index (χ0v) is 9.86. The summed E-state index contributed by atoms with van der Waals surface area (Å²) in [5, 5.41) is 14.2. The van der Waals surface area contributed by atoms with Crippen molar-refractivity contribution in [3.8, 4) is 0 Å². The molecule has 2 aromatic rings. The number of hydrogen-bond acceptors (Lipinski definition) is 4. The van der Waals surface area contributed by atoms with E-state index in [1.54, 1.807) is 6.20 Å². The van der Waals surface area contributed by atoms with Crippen molar-refractivity contribution in [2.45, 2.75) is 18.9 Å². The van der Waals surface area contributed by atoms with Gasteiger partial charge in [-0.25, -0.2) is 0 Å². The molecule has 0 spiro atoms. The Morgan fingerprint density at radius 3 is 2.83 bits per heavy atom. The van der Waals surface area contributed by atoms with Gasteiger partial charge in [0.15, 0.2) is 5.69 Å². The van der Waals surface area contributed by atoms with Gasteiger partial charge >= 0.3 is 0 Å². The van der Waals surface area contributed by atoms with Crippen LogP contribution in [0.3, 0.4) is 0 Å². The topological polar surface area (TPSA) is 79.7 Å². The second-order valence-corrected chi connectivity index (χ2v) is 4.36. The highest BCUT2D eigenvalue weighted by Gasteiger charge is 2.25. The van der Waals surface area contributed by atoms with Gasteiger partial charge in [-0.3, -0.25) is 9.48 Å². The number of nitrogens with zero attached hydrogens (tertiary/aromatic N) is 5. The van der Waals surface area contributed by atoms with Crippen LogP contribution in [-0.4, -0.2) is 49.1 Å². The Hall–Kier alpha value is -2.18. The Bertz CT molecular complexity index is 498. The van der Waals surface area contributed by atoms with Gasteiger partial charge < -0.3 is 4.90 Å². The van der Waals surface area contributed by atoms with Crippen LogP contribution in [0.4, 0.5) is 0 Å².